The molecule has 1 unspecified atom stereocenters. The van der Waals surface area contributed by atoms with Crippen molar-refractivity contribution in [2.75, 3.05) is 5.75 Å². The van der Waals surface area contributed by atoms with Gasteiger partial charge in [-0.3, -0.25) is 9.59 Å². The van der Waals surface area contributed by atoms with E-state index in [4.69, 9.17) is 23.1 Å². The maximum absolute atomic E-state index is 12.5. The van der Waals surface area contributed by atoms with Gasteiger partial charge in [0.25, 0.3) is 0 Å². The number of amides is 1. The molecular weight excluding hydrogens is 408 g/mol. The molecular formula is C21H17ClN4O2S. The molecule has 0 aliphatic carbocycles. The summed E-state index contributed by atoms with van der Waals surface area (Å²) in [6, 6.07) is 17.6. The van der Waals surface area contributed by atoms with Crippen molar-refractivity contribution in [3.63, 3.8) is 0 Å². The van der Waals surface area contributed by atoms with Crippen molar-refractivity contribution in [1.29, 1.82) is 5.26 Å². The molecule has 0 spiro atoms. The number of thioether (sulfide) groups is 1. The summed E-state index contributed by atoms with van der Waals surface area (Å²) in [6.45, 7) is 0. The number of halogens is 1. The molecule has 146 valence electrons. The van der Waals surface area contributed by atoms with Gasteiger partial charge in [-0.15, -0.1) is 0 Å². The minimum absolute atomic E-state index is 0.0530. The lowest BCUT2D eigenvalue weighted by Gasteiger charge is -2.28. The van der Waals surface area contributed by atoms with Crippen LogP contribution in [0.1, 0.15) is 21.8 Å². The number of dihydropyridines is 1. The Morgan fingerprint density at radius 1 is 1.14 bits per heavy atom. The summed E-state index contributed by atoms with van der Waals surface area (Å²) in [5.74, 6) is -1.35. The Bertz CT molecular complexity index is 1060. The van der Waals surface area contributed by atoms with E-state index in [1.54, 1.807) is 48.5 Å². The average molecular weight is 425 g/mol. The van der Waals surface area contributed by atoms with Gasteiger partial charge >= 0.3 is 0 Å². The van der Waals surface area contributed by atoms with Gasteiger partial charge in [-0.1, -0.05) is 53.7 Å². The Labute approximate surface area is 177 Å². The zero-order valence-corrected chi connectivity index (χ0v) is 16.8. The number of carbonyl (C=O) groups excluding carboxylic acids is 2. The number of hydrogen-bond donors (Lipinski definition) is 3. The quantitative estimate of drug-likeness (QED) is 0.612. The van der Waals surface area contributed by atoms with Crippen LogP contribution in [-0.2, 0) is 4.79 Å². The van der Waals surface area contributed by atoms with Crippen LogP contribution < -0.4 is 16.8 Å². The maximum Gasteiger partial charge on any atom is 0.248 e. The van der Waals surface area contributed by atoms with Crippen molar-refractivity contribution in [3.05, 3.63) is 92.7 Å². The molecule has 2 aromatic rings. The van der Waals surface area contributed by atoms with Crippen LogP contribution in [0.15, 0.2) is 76.6 Å². The fraction of sp³-hybridized carbons (Fsp3) is 0.0952. The number of primary amides is 1. The van der Waals surface area contributed by atoms with E-state index in [1.807, 2.05) is 6.07 Å². The molecule has 3 rings (SSSR count). The normalized spacial score (nSPS) is 16.2. The second-order valence-corrected chi connectivity index (χ2v) is 7.66. The van der Waals surface area contributed by atoms with Crippen LogP contribution in [0.3, 0.4) is 0 Å². The lowest BCUT2D eigenvalue weighted by Crippen LogP contribution is -2.34. The second-order valence-electron chi connectivity index (χ2n) is 6.23. The maximum atomic E-state index is 12.5. The third-order valence-electron chi connectivity index (χ3n) is 4.39. The number of ketones is 1. The first-order valence-corrected chi connectivity index (χ1v) is 9.96. The van der Waals surface area contributed by atoms with Gasteiger partial charge in [-0.25, -0.2) is 0 Å². The van der Waals surface area contributed by atoms with Crippen molar-refractivity contribution < 1.29 is 9.59 Å². The number of hydrogen-bond acceptors (Lipinski definition) is 6. The summed E-state index contributed by atoms with van der Waals surface area (Å²) in [5.41, 5.74) is 13.3. The van der Waals surface area contributed by atoms with Crippen LogP contribution in [-0.4, -0.2) is 17.4 Å². The summed E-state index contributed by atoms with van der Waals surface area (Å²) in [5, 5.41) is 13.4. The highest BCUT2D eigenvalue weighted by Gasteiger charge is 2.34. The third kappa shape index (κ3) is 4.45. The van der Waals surface area contributed by atoms with Gasteiger partial charge in [0, 0.05) is 10.6 Å². The molecule has 0 radical (unpaired) electrons. The van der Waals surface area contributed by atoms with E-state index in [1.165, 1.54) is 0 Å². The molecule has 0 fully saturated rings. The zero-order chi connectivity index (χ0) is 21.0. The fourth-order valence-electron chi connectivity index (χ4n) is 3.02. The highest BCUT2D eigenvalue weighted by Crippen LogP contribution is 2.39. The van der Waals surface area contributed by atoms with Crippen LogP contribution in [0.2, 0.25) is 5.02 Å². The smallest absolute Gasteiger partial charge is 0.248 e. The number of benzene rings is 2. The van der Waals surface area contributed by atoms with Gasteiger partial charge < -0.3 is 16.8 Å². The summed E-state index contributed by atoms with van der Waals surface area (Å²) in [7, 11) is 0. The van der Waals surface area contributed by atoms with E-state index < -0.39 is 11.8 Å². The van der Waals surface area contributed by atoms with Crippen molar-refractivity contribution in [2.24, 2.45) is 11.5 Å². The molecule has 5 N–H and O–H groups in total. The summed E-state index contributed by atoms with van der Waals surface area (Å²) < 4.78 is 0. The van der Waals surface area contributed by atoms with Gasteiger partial charge in [0.2, 0.25) is 5.91 Å². The SMILES string of the molecule is N#CC1=C(N)NC(SCC(=O)c2ccc(Cl)cc2)=C(C(N)=O)C1c1ccccc1. The van der Waals surface area contributed by atoms with Gasteiger partial charge in [-0.2, -0.15) is 5.26 Å². The van der Waals surface area contributed by atoms with Crippen molar-refractivity contribution in [1.82, 2.24) is 5.32 Å². The van der Waals surface area contributed by atoms with Crippen LogP contribution in [0.5, 0.6) is 0 Å². The molecule has 1 atom stereocenters. The lowest BCUT2D eigenvalue weighted by molar-refractivity contribution is -0.114. The van der Waals surface area contributed by atoms with Crippen molar-refractivity contribution >= 4 is 35.1 Å². The molecule has 0 saturated heterocycles. The van der Waals surface area contributed by atoms with Crippen LogP contribution in [0.25, 0.3) is 0 Å². The van der Waals surface area contributed by atoms with E-state index in [0.717, 1.165) is 11.8 Å². The van der Waals surface area contributed by atoms with E-state index >= 15 is 0 Å². The zero-order valence-electron chi connectivity index (χ0n) is 15.2. The lowest BCUT2D eigenvalue weighted by atomic mass is 9.83. The first-order chi connectivity index (χ1) is 13.9. The molecule has 0 aromatic heterocycles. The number of nitriles is 1. The topological polar surface area (TPSA) is 122 Å². The number of allylic oxidation sites excluding steroid dienone is 1. The number of Topliss-reactive ketones (excluding diaryl/α,β-unsaturated/α-hetero) is 1. The minimum Gasteiger partial charge on any atom is -0.384 e. The summed E-state index contributed by atoms with van der Waals surface area (Å²) in [6.07, 6.45) is 0. The number of nitrogens with one attached hydrogen (secondary N) is 1. The predicted octanol–water partition coefficient (Wildman–Crippen LogP) is 3.03. The number of nitrogens with zero attached hydrogens (tertiary/aromatic N) is 1. The molecule has 1 heterocycles. The molecule has 29 heavy (non-hydrogen) atoms. The standard InChI is InChI=1S/C21H17ClN4O2S/c22-14-8-6-12(7-9-14)16(27)11-29-21-18(20(25)28)17(13-4-2-1-3-5-13)15(10-23)19(24)26-21/h1-9,17,26H,11,24H2,(H2,25,28). The summed E-state index contributed by atoms with van der Waals surface area (Å²) in [4.78, 5) is 24.8. The Hall–Kier alpha value is -3.21. The molecule has 8 heteroatoms. The van der Waals surface area contributed by atoms with Crippen LogP contribution >= 0.6 is 23.4 Å². The summed E-state index contributed by atoms with van der Waals surface area (Å²) >= 11 is 6.97. The Kier molecular flexibility index (Phi) is 6.27. The number of carbonyl (C=O) groups is 2. The highest BCUT2D eigenvalue weighted by atomic mass is 35.5. The monoisotopic (exact) mass is 424 g/mol. The van der Waals surface area contributed by atoms with E-state index in [-0.39, 0.29) is 28.5 Å². The van der Waals surface area contributed by atoms with E-state index in [9.17, 15) is 14.9 Å². The molecule has 0 bridgehead atoms. The second kappa shape index (κ2) is 8.86. The molecule has 1 aliphatic heterocycles. The van der Waals surface area contributed by atoms with Gasteiger partial charge in [0.15, 0.2) is 5.78 Å². The minimum atomic E-state index is -0.701. The fourth-order valence-corrected chi connectivity index (χ4v) is 4.14. The molecule has 1 amide bonds. The number of rotatable bonds is 6. The predicted molar refractivity (Wildman–Crippen MR) is 114 cm³/mol. The van der Waals surface area contributed by atoms with Crippen molar-refractivity contribution in [3.8, 4) is 6.07 Å². The molecule has 6 nitrogen and oxygen atoms in total. The third-order valence-corrected chi connectivity index (χ3v) is 5.66. The van der Waals surface area contributed by atoms with E-state index in [0.29, 0.717) is 21.2 Å². The average Bonchev–Trinajstić information content (AvgIpc) is 2.72. The van der Waals surface area contributed by atoms with E-state index in [2.05, 4.69) is 11.4 Å². The Morgan fingerprint density at radius 3 is 2.38 bits per heavy atom. The molecule has 1 aliphatic rings. The Morgan fingerprint density at radius 2 is 1.79 bits per heavy atom. The van der Waals surface area contributed by atoms with Gasteiger partial charge in [0.1, 0.15) is 5.82 Å². The highest BCUT2D eigenvalue weighted by molar-refractivity contribution is 8.03. The first-order valence-electron chi connectivity index (χ1n) is 8.59. The molecule has 2 aromatic carbocycles. The van der Waals surface area contributed by atoms with Gasteiger partial charge in [0.05, 0.1) is 33.9 Å². The largest absolute Gasteiger partial charge is 0.384 e. The molecule has 0 saturated carbocycles. The Balaban J connectivity index is 1.95. The van der Waals surface area contributed by atoms with Crippen LogP contribution in [0, 0.1) is 11.3 Å². The number of nitrogens with two attached hydrogens (primary N) is 2. The van der Waals surface area contributed by atoms with Crippen molar-refractivity contribution in [2.45, 2.75) is 5.92 Å². The van der Waals surface area contributed by atoms with Crippen LogP contribution in [0.4, 0.5) is 0 Å². The van der Waals surface area contributed by atoms with Gasteiger partial charge in [-0.05, 0) is 29.8 Å². The first kappa shape index (κ1) is 20.5.